The molecular weight excluding hydrogens is 328 g/mol. The van der Waals surface area contributed by atoms with Crippen LogP contribution in [-0.2, 0) is 4.79 Å². The summed E-state index contributed by atoms with van der Waals surface area (Å²) in [6.45, 7) is 0.318. The average Bonchev–Trinajstić information content (AvgIpc) is 2.57. The normalized spacial score (nSPS) is 17.5. The minimum absolute atomic E-state index is 0. The predicted molar refractivity (Wildman–Crippen MR) is 98.2 cm³/mol. The number of rotatable bonds is 4. The second kappa shape index (κ2) is 8.39. The smallest absolute Gasteiger partial charge is 0.229 e. The van der Waals surface area contributed by atoms with Gasteiger partial charge in [0.25, 0.3) is 0 Å². The minimum Gasteiger partial charge on any atom is -0.349 e. The number of hydrogen-bond donors (Lipinski definition) is 2. The molecule has 2 aromatic rings. The van der Waals surface area contributed by atoms with Crippen molar-refractivity contribution in [3.8, 4) is 0 Å². The first-order valence-corrected chi connectivity index (χ1v) is 8.55. The monoisotopic (exact) mass is 348 g/mol. The van der Waals surface area contributed by atoms with E-state index in [1.54, 1.807) is 0 Å². The summed E-state index contributed by atoms with van der Waals surface area (Å²) in [5.74, 6) is 0.754. The summed E-state index contributed by atoms with van der Waals surface area (Å²) < 4.78 is 0. The van der Waals surface area contributed by atoms with Crippen LogP contribution in [0, 0.1) is 0 Å². The standard InChI is InChI=1S/C18H20N2OS.ClH/c19-12-15(13-6-2-1-3-7-13)18(21)20-16-10-11-22-17-9-5-4-8-14(16)17;/h1-9,15-16H,10-12,19H2,(H,20,21);1H. The van der Waals surface area contributed by atoms with Crippen LogP contribution >= 0.6 is 24.2 Å². The number of nitrogens with two attached hydrogens (primary N) is 1. The molecule has 3 nitrogen and oxygen atoms in total. The number of carbonyl (C=O) groups is 1. The van der Waals surface area contributed by atoms with E-state index in [1.807, 2.05) is 54.2 Å². The third kappa shape index (κ3) is 4.08. The summed E-state index contributed by atoms with van der Waals surface area (Å²) >= 11 is 1.85. The van der Waals surface area contributed by atoms with Gasteiger partial charge in [-0.2, -0.15) is 0 Å². The van der Waals surface area contributed by atoms with E-state index in [9.17, 15) is 4.79 Å². The summed E-state index contributed by atoms with van der Waals surface area (Å²) in [5.41, 5.74) is 8.03. The van der Waals surface area contributed by atoms with Crippen molar-refractivity contribution in [3.63, 3.8) is 0 Å². The number of hydrogen-bond acceptors (Lipinski definition) is 3. The summed E-state index contributed by atoms with van der Waals surface area (Å²) in [6.07, 6.45) is 0.958. The van der Waals surface area contributed by atoms with Crippen molar-refractivity contribution in [3.05, 3.63) is 65.7 Å². The molecule has 2 atom stereocenters. The SMILES string of the molecule is Cl.NCC(C(=O)NC1CCSc2ccccc21)c1ccccc1. The molecule has 0 saturated carbocycles. The molecule has 2 unspecified atom stereocenters. The van der Waals surface area contributed by atoms with Gasteiger partial charge < -0.3 is 11.1 Å². The first kappa shape index (κ1) is 17.9. The van der Waals surface area contributed by atoms with Crippen molar-refractivity contribution in [2.24, 2.45) is 5.73 Å². The number of thioether (sulfide) groups is 1. The average molecular weight is 349 g/mol. The van der Waals surface area contributed by atoms with E-state index in [4.69, 9.17) is 5.73 Å². The first-order chi connectivity index (χ1) is 10.8. The van der Waals surface area contributed by atoms with E-state index in [-0.39, 0.29) is 30.3 Å². The molecule has 3 N–H and O–H groups in total. The highest BCUT2D eigenvalue weighted by Crippen LogP contribution is 2.36. The molecule has 23 heavy (non-hydrogen) atoms. The Morgan fingerprint density at radius 3 is 2.61 bits per heavy atom. The molecule has 3 rings (SSSR count). The largest absolute Gasteiger partial charge is 0.349 e. The van der Waals surface area contributed by atoms with Crippen LogP contribution in [-0.4, -0.2) is 18.2 Å². The maximum absolute atomic E-state index is 12.7. The predicted octanol–water partition coefficient (Wildman–Crippen LogP) is 3.50. The highest BCUT2D eigenvalue weighted by atomic mass is 35.5. The van der Waals surface area contributed by atoms with E-state index in [2.05, 4.69) is 17.4 Å². The molecule has 5 heteroatoms. The molecular formula is C18H21ClN2OS. The Bertz CT molecular complexity index is 650. The van der Waals surface area contributed by atoms with Gasteiger partial charge in [0.1, 0.15) is 0 Å². The fraction of sp³-hybridized carbons (Fsp3) is 0.278. The Labute approximate surface area is 147 Å². The zero-order valence-electron chi connectivity index (χ0n) is 12.8. The Morgan fingerprint density at radius 1 is 1.17 bits per heavy atom. The topological polar surface area (TPSA) is 55.1 Å². The van der Waals surface area contributed by atoms with E-state index < -0.39 is 0 Å². The van der Waals surface area contributed by atoms with Crippen molar-refractivity contribution in [1.29, 1.82) is 0 Å². The zero-order valence-corrected chi connectivity index (χ0v) is 14.4. The highest BCUT2D eigenvalue weighted by molar-refractivity contribution is 7.99. The maximum atomic E-state index is 12.7. The highest BCUT2D eigenvalue weighted by Gasteiger charge is 2.25. The number of halogens is 1. The van der Waals surface area contributed by atoms with Crippen LogP contribution in [0.2, 0.25) is 0 Å². The van der Waals surface area contributed by atoms with Gasteiger partial charge in [-0.1, -0.05) is 48.5 Å². The van der Waals surface area contributed by atoms with Gasteiger partial charge in [-0.3, -0.25) is 4.79 Å². The van der Waals surface area contributed by atoms with E-state index in [1.165, 1.54) is 10.5 Å². The van der Waals surface area contributed by atoms with Gasteiger partial charge in [0, 0.05) is 17.2 Å². The van der Waals surface area contributed by atoms with Crippen molar-refractivity contribution in [2.45, 2.75) is 23.3 Å². The van der Waals surface area contributed by atoms with Gasteiger partial charge in [0.2, 0.25) is 5.91 Å². The van der Waals surface area contributed by atoms with Crippen molar-refractivity contribution < 1.29 is 4.79 Å². The Morgan fingerprint density at radius 2 is 1.87 bits per heavy atom. The van der Waals surface area contributed by atoms with Gasteiger partial charge in [-0.15, -0.1) is 24.2 Å². The van der Waals surface area contributed by atoms with Gasteiger partial charge >= 0.3 is 0 Å². The lowest BCUT2D eigenvalue weighted by Crippen LogP contribution is -2.37. The summed E-state index contributed by atoms with van der Waals surface area (Å²) in [4.78, 5) is 13.9. The molecule has 2 aromatic carbocycles. The molecule has 1 aliphatic rings. The number of carbonyl (C=O) groups excluding carboxylic acids is 1. The molecule has 0 spiro atoms. The van der Waals surface area contributed by atoms with Crippen LogP contribution in [0.4, 0.5) is 0 Å². The van der Waals surface area contributed by atoms with Crippen LogP contribution < -0.4 is 11.1 Å². The molecule has 1 amide bonds. The van der Waals surface area contributed by atoms with Gasteiger partial charge in [0.05, 0.1) is 12.0 Å². The van der Waals surface area contributed by atoms with E-state index in [0.29, 0.717) is 6.54 Å². The second-order valence-electron chi connectivity index (χ2n) is 5.44. The molecule has 0 aliphatic carbocycles. The van der Waals surface area contributed by atoms with Crippen molar-refractivity contribution in [2.75, 3.05) is 12.3 Å². The van der Waals surface area contributed by atoms with Gasteiger partial charge in [-0.05, 0) is 23.6 Å². The van der Waals surface area contributed by atoms with E-state index in [0.717, 1.165) is 17.7 Å². The quantitative estimate of drug-likeness (QED) is 0.889. The van der Waals surface area contributed by atoms with Crippen LogP contribution in [0.1, 0.15) is 29.5 Å². The third-order valence-corrected chi connectivity index (χ3v) is 5.15. The first-order valence-electron chi connectivity index (χ1n) is 7.56. The molecule has 122 valence electrons. The lowest BCUT2D eigenvalue weighted by molar-refractivity contribution is -0.123. The summed E-state index contributed by atoms with van der Waals surface area (Å²) in [6, 6.07) is 18.1. The maximum Gasteiger partial charge on any atom is 0.229 e. The number of fused-ring (bicyclic) bond motifs is 1. The van der Waals surface area contributed by atoms with Gasteiger partial charge in [-0.25, -0.2) is 0 Å². The Balaban J connectivity index is 0.00000192. The number of benzene rings is 2. The van der Waals surface area contributed by atoms with E-state index >= 15 is 0 Å². The minimum atomic E-state index is -0.289. The molecule has 0 fully saturated rings. The molecule has 0 saturated heterocycles. The molecule has 0 aromatic heterocycles. The fourth-order valence-corrected chi connectivity index (χ4v) is 3.97. The molecule has 0 radical (unpaired) electrons. The lowest BCUT2D eigenvalue weighted by atomic mass is 9.96. The zero-order chi connectivity index (χ0) is 15.4. The van der Waals surface area contributed by atoms with Gasteiger partial charge in [0.15, 0.2) is 0 Å². The van der Waals surface area contributed by atoms with Crippen LogP contribution in [0.3, 0.4) is 0 Å². The Kier molecular flexibility index (Phi) is 6.51. The van der Waals surface area contributed by atoms with Crippen LogP contribution in [0.15, 0.2) is 59.5 Å². The van der Waals surface area contributed by atoms with Crippen LogP contribution in [0.25, 0.3) is 0 Å². The number of amides is 1. The molecule has 1 aliphatic heterocycles. The molecule has 0 bridgehead atoms. The number of nitrogens with one attached hydrogen (secondary N) is 1. The fourth-order valence-electron chi connectivity index (χ4n) is 2.84. The van der Waals surface area contributed by atoms with Crippen LogP contribution in [0.5, 0.6) is 0 Å². The summed E-state index contributed by atoms with van der Waals surface area (Å²) in [7, 11) is 0. The Hall–Kier alpha value is -1.49. The van der Waals surface area contributed by atoms with Crippen molar-refractivity contribution in [1.82, 2.24) is 5.32 Å². The lowest BCUT2D eigenvalue weighted by Gasteiger charge is -2.27. The summed E-state index contributed by atoms with van der Waals surface area (Å²) in [5, 5.41) is 3.19. The van der Waals surface area contributed by atoms with Crippen molar-refractivity contribution >= 4 is 30.1 Å². The second-order valence-corrected chi connectivity index (χ2v) is 6.57. The third-order valence-electron chi connectivity index (χ3n) is 4.03. The molecule has 1 heterocycles.